The first-order valence-electron chi connectivity index (χ1n) is 5.57. The van der Waals surface area contributed by atoms with Crippen molar-refractivity contribution in [2.24, 2.45) is 0 Å². The molecule has 8 heteroatoms. The normalized spacial score (nSPS) is 9.80. The highest BCUT2D eigenvalue weighted by atomic mass is 16.6. The third-order valence-electron chi connectivity index (χ3n) is 2.51. The second-order valence-corrected chi connectivity index (χ2v) is 3.86. The maximum absolute atomic E-state index is 10.5. The summed E-state index contributed by atoms with van der Waals surface area (Å²) < 4.78 is 0. The van der Waals surface area contributed by atoms with Crippen molar-refractivity contribution in [3.8, 4) is 0 Å². The van der Waals surface area contributed by atoms with Gasteiger partial charge in [0.05, 0.1) is 21.2 Å². The molecule has 20 heavy (non-hydrogen) atoms. The average molecular weight is 274 g/mol. The van der Waals surface area contributed by atoms with E-state index < -0.39 is 9.85 Å². The van der Waals surface area contributed by atoms with Crippen LogP contribution in [0.4, 0.5) is 22.7 Å². The number of rotatable bonds is 5. The minimum atomic E-state index is -0.479. The Balaban J connectivity index is 1.97. The Kier molecular flexibility index (Phi) is 3.75. The Bertz CT molecular complexity index is 567. The zero-order valence-corrected chi connectivity index (χ0v) is 10.1. The highest BCUT2D eigenvalue weighted by Gasteiger charge is 2.05. The number of nitro benzene ring substituents is 2. The topological polar surface area (TPSA) is 110 Å². The SMILES string of the molecule is O=[N+]([O-])c1ccc(NNc2ccc([N+](=O)[O-])cc2)cc1. The second kappa shape index (κ2) is 5.65. The molecule has 0 spiro atoms. The van der Waals surface area contributed by atoms with Crippen LogP contribution >= 0.6 is 0 Å². The van der Waals surface area contributed by atoms with Crippen molar-refractivity contribution in [1.29, 1.82) is 0 Å². The molecule has 102 valence electrons. The maximum atomic E-state index is 10.5. The third kappa shape index (κ3) is 3.19. The quantitative estimate of drug-likeness (QED) is 0.640. The van der Waals surface area contributed by atoms with Gasteiger partial charge >= 0.3 is 0 Å². The van der Waals surface area contributed by atoms with Crippen LogP contribution in [-0.2, 0) is 0 Å². The molecule has 0 heterocycles. The van der Waals surface area contributed by atoms with Gasteiger partial charge in [0.1, 0.15) is 0 Å². The van der Waals surface area contributed by atoms with E-state index in [1.165, 1.54) is 24.3 Å². The first-order chi connectivity index (χ1) is 9.56. The van der Waals surface area contributed by atoms with Crippen molar-refractivity contribution in [2.75, 3.05) is 10.9 Å². The van der Waals surface area contributed by atoms with Crippen LogP contribution in [0.25, 0.3) is 0 Å². The largest absolute Gasteiger partial charge is 0.301 e. The lowest BCUT2D eigenvalue weighted by Gasteiger charge is -2.09. The van der Waals surface area contributed by atoms with Gasteiger partial charge in [0.2, 0.25) is 0 Å². The number of anilines is 2. The summed E-state index contributed by atoms with van der Waals surface area (Å²) in [6.07, 6.45) is 0. The van der Waals surface area contributed by atoms with Crippen molar-refractivity contribution >= 4 is 22.7 Å². The Labute approximate surface area is 113 Å². The highest BCUT2D eigenvalue weighted by molar-refractivity contribution is 5.55. The number of hydrogen-bond acceptors (Lipinski definition) is 6. The van der Waals surface area contributed by atoms with Gasteiger partial charge in [0.15, 0.2) is 0 Å². The van der Waals surface area contributed by atoms with E-state index >= 15 is 0 Å². The summed E-state index contributed by atoms with van der Waals surface area (Å²) in [6, 6.07) is 11.7. The Morgan fingerprint density at radius 3 is 1.20 bits per heavy atom. The second-order valence-electron chi connectivity index (χ2n) is 3.86. The van der Waals surface area contributed by atoms with E-state index in [2.05, 4.69) is 10.9 Å². The van der Waals surface area contributed by atoms with E-state index in [-0.39, 0.29) is 11.4 Å². The van der Waals surface area contributed by atoms with E-state index in [4.69, 9.17) is 0 Å². The van der Waals surface area contributed by atoms with Crippen LogP contribution in [0, 0.1) is 20.2 Å². The van der Waals surface area contributed by atoms with Gasteiger partial charge in [-0.2, -0.15) is 0 Å². The van der Waals surface area contributed by atoms with Gasteiger partial charge in [0.25, 0.3) is 11.4 Å². The maximum Gasteiger partial charge on any atom is 0.269 e. The number of nitrogens with one attached hydrogen (secondary N) is 2. The lowest BCUT2D eigenvalue weighted by molar-refractivity contribution is -0.385. The average Bonchev–Trinajstić information content (AvgIpc) is 2.46. The number of hydrazine groups is 1. The minimum absolute atomic E-state index is 0.00545. The fourth-order valence-corrected chi connectivity index (χ4v) is 1.48. The fraction of sp³-hybridized carbons (Fsp3) is 0. The molecule has 0 bridgehead atoms. The summed E-state index contributed by atoms with van der Waals surface area (Å²) >= 11 is 0. The summed E-state index contributed by atoms with van der Waals surface area (Å²) in [6.45, 7) is 0. The summed E-state index contributed by atoms with van der Waals surface area (Å²) in [4.78, 5) is 20.0. The lowest BCUT2D eigenvalue weighted by Crippen LogP contribution is -2.08. The van der Waals surface area contributed by atoms with Gasteiger partial charge in [-0.25, -0.2) is 0 Å². The molecule has 0 aromatic heterocycles. The Morgan fingerprint density at radius 1 is 0.650 bits per heavy atom. The number of hydrogen-bond donors (Lipinski definition) is 2. The molecule has 0 saturated carbocycles. The number of benzene rings is 2. The summed E-state index contributed by atoms with van der Waals surface area (Å²) in [7, 11) is 0. The van der Waals surface area contributed by atoms with E-state index in [1.807, 2.05) is 0 Å². The molecule has 0 aliphatic heterocycles. The van der Waals surface area contributed by atoms with Gasteiger partial charge in [-0.3, -0.25) is 20.2 Å². The summed E-state index contributed by atoms with van der Waals surface area (Å²) in [5, 5.41) is 21.0. The minimum Gasteiger partial charge on any atom is -0.301 e. The molecular formula is C12H10N4O4. The summed E-state index contributed by atoms with van der Waals surface area (Å²) in [5.41, 5.74) is 6.94. The molecule has 2 aromatic rings. The number of non-ortho nitro benzene ring substituents is 2. The van der Waals surface area contributed by atoms with Crippen LogP contribution in [0.5, 0.6) is 0 Å². The molecule has 0 amide bonds. The van der Waals surface area contributed by atoms with E-state index in [1.54, 1.807) is 24.3 Å². The zero-order valence-electron chi connectivity index (χ0n) is 10.1. The zero-order chi connectivity index (χ0) is 14.5. The van der Waals surface area contributed by atoms with Crippen LogP contribution < -0.4 is 10.9 Å². The van der Waals surface area contributed by atoms with Gasteiger partial charge in [-0.05, 0) is 24.3 Å². The standard InChI is InChI=1S/C12H10N4O4/c17-15(18)11-5-1-9(2-6-11)13-14-10-3-7-12(8-4-10)16(19)20/h1-8,13-14H. The molecule has 0 atom stereocenters. The van der Waals surface area contributed by atoms with E-state index in [0.29, 0.717) is 11.4 Å². The molecule has 0 fully saturated rings. The first-order valence-corrected chi connectivity index (χ1v) is 5.57. The van der Waals surface area contributed by atoms with Crippen LogP contribution in [-0.4, -0.2) is 9.85 Å². The monoisotopic (exact) mass is 274 g/mol. The van der Waals surface area contributed by atoms with Crippen LogP contribution in [0.3, 0.4) is 0 Å². The van der Waals surface area contributed by atoms with Crippen LogP contribution in [0.15, 0.2) is 48.5 Å². The van der Waals surface area contributed by atoms with Gasteiger partial charge in [-0.15, -0.1) is 0 Å². The van der Waals surface area contributed by atoms with Crippen molar-refractivity contribution in [2.45, 2.75) is 0 Å². The van der Waals surface area contributed by atoms with Gasteiger partial charge < -0.3 is 10.9 Å². The number of nitro groups is 2. The highest BCUT2D eigenvalue weighted by Crippen LogP contribution is 2.18. The molecule has 8 nitrogen and oxygen atoms in total. The van der Waals surface area contributed by atoms with E-state index in [0.717, 1.165) is 0 Å². The molecule has 0 unspecified atom stereocenters. The van der Waals surface area contributed by atoms with Gasteiger partial charge in [0, 0.05) is 24.3 Å². The molecule has 2 aromatic carbocycles. The molecule has 0 radical (unpaired) electrons. The number of nitrogens with zero attached hydrogens (tertiary/aromatic N) is 2. The van der Waals surface area contributed by atoms with Crippen molar-refractivity contribution in [3.63, 3.8) is 0 Å². The molecule has 2 rings (SSSR count). The van der Waals surface area contributed by atoms with Crippen LogP contribution in [0.2, 0.25) is 0 Å². The fourth-order valence-electron chi connectivity index (χ4n) is 1.48. The molecule has 0 aliphatic carbocycles. The van der Waals surface area contributed by atoms with Crippen molar-refractivity contribution in [1.82, 2.24) is 0 Å². The summed E-state index contributed by atoms with van der Waals surface area (Å²) in [5.74, 6) is 0. The molecular weight excluding hydrogens is 264 g/mol. The molecule has 0 saturated heterocycles. The molecule has 2 N–H and O–H groups in total. The third-order valence-corrected chi connectivity index (χ3v) is 2.51. The first kappa shape index (κ1) is 13.3. The Hall–Kier alpha value is -3.16. The lowest BCUT2D eigenvalue weighted by atomic mass is 10.3. The smallest absolute Gasteiger partial charge is 0.269 e. The van der Waals surface area contributed by atoms with E-state index in [9.17, 15) is 20.2 Å². The predicted octanol–water partition coefficient (Wildman–Crippen LogP) is 2.94. The van der Waals surface area contributed by atoms with Crippen molar-refractivity contribution < 1.29 is 9.85 Å². The van der Waals surface area contributed by atoms with Crippen molar-refractivity contribution in [3.05, 3.63) is 68.8 Å². The predicted molar refractivity (Wildman–Crippen MR) is 73.4 cm³/mol. The van der Waals surface area contributed by atoms with Gasteiger partial charge in [-0.1, -0.05) is 0 Å². The Morgan fingerprint density at radius 2 is 0.950 bits per heavy atom. The molecule has 0 aliphatic rings. The van der Waals surface area contributed by atoms with Crippen LogP contribution in [0.1, 0.15) is 0 Å².